The maximum atomic E-state index is 12.8. The van der Waals surface area contributed by atoms with Crippen LogP contribution < -0.4 is 15.5 Å². The first-order valence-corrected chi connectivity index (χ1v) is 10.4. The van der Waals surface area contributed by atoms with Gasteiger partial charge in [-0.15, -0.1) is 0 Å². The summed E-state index contributed by atoms with van der Waals surface area (Å²) in [5.74, 6) is 0.0393. The maximum absolute atomic E-state index is 12.8. The van der Waals surface area contributed by atoms with Crippen molar-refractivity contribution in [3.05, 3.63) is 100 Å². The molecule has 2 aromatic rings. The van der Waals surface area contributed by atoms with Crippen LogP contribution in [0.3, 0.4) is 0 Å². The van der Waals surface area contributed by atoms with Gasteiger partial charge in [0, 0.05) is 28.4 Å². The highest BCUT2D eigenvalue weighted by molar-refractivity contribution is 7.80. The quantitative estimate of drug-likeness (QED) is 0.551. The van der Waals surface area contributed by atoms with E-state index in [0.29, 0.717) is 33.5 Å². The number of carbonyl (C=O) groups is 1. The van der Waals surface area contributed by atoms with Gasteiger partial charge < -0.3 is 10.6 Å². The van der Waals surface area contributed by atoms with Gasteiger partial charge in [-0.2, -0.15) is 10.5 Å². The van der Waals surface area contributed by atoms with Crippen molar-refractivity contribution in [3.8, 4) is 12.1 Å². The molecule has 0 spiro atoms. The van der Waals surface area contributed by atoms with E-state index in [1.165, 1.54) is 6.92 Å². The Morgan fingerprint density at radius 3 is 2.16 bits per heavy atom. The Kier molecular flexibility index (Phi) is 5.59. The van der Waals surface area contributed by atoms with Crippen molar-refractivity contribution in [2.24, 2.45) is 0 Å². The molecule has 6 nitrogen and oxygen atoms in total. The van der Waals surface area contributed by atoms with E-state index in [1.54, 1.807) is 0 Å². The van der Waals surface area contributed by atoms with Gasteiger partial charge in [-0.1, -0.05) is 48.5 Å². The summed E-state index contributed by atoms with van der Waals surface area (Å²) in [7, 11) is 0. The Morgan fingerprint density at radius 1 is 1.00 bits per heavy atom. The molecule has 2 aliphatic heterocycles. The number of carbonyl (C=O) groups excluding carboxylic acids is 1. The summed E-state index contributed by atoms with van der Waals surface area (Å²) in [6.07, 6.45) is 0. The minimum atomic E-state index is -0.488. The van der Waals surface area contributed by atoms with Crippen molar-refractivity contribution >= 4 is 28.8 Å². The number of rotatable bonds is 3. The number of nitriles is 2. The molecule has 0 bridgehead atoms. The van der Waals surface area contributed by atoms with E-state index in [1.807, 2.05) is 84.6 Å². The van der Waals surface area contributed by atoms with E-state index in [0.717, 1.165) is 11.3 Å². The van der Waals surface area contributed by atoms with E-state index in [-0.39, 0.29) is 11.4 Å². The number of para-hydroxylation sites is 1. The van der Waals surface area contributed by atoms with Gasteiger partial charge in [-0.05, 0) is 43.8 Å². The van der Waals surface area contributed by atoms with Crippen LogP contribution in [0.2, 0.25) is 0 Å². The minimum Gasteiger partial charge on any atom is -0.344 e. The number of hydrogen-bond acceptors (Lipinski definition) is 5. The van der Waals surface area contributed by atoms with Gasteiger partial charge in [-0.3, -0.25) is 9.69 Å². The monoisotopic (exact) mass is 437 g/mol. The Labute approximate surface area is 191 Å². The highest BCUT2D eigenvalue weighted by Gasteiger charge is 2.41. The fourth-order valence-electron chi connectivity index (χ4n) is 4.18. The zero-order valence-corrected chi connectivity index (χ0v) is 18.3. The number of ketones is 1. The molecular weight excluding hydrogens is 418 g/mol. The largest absolute Gasteiger partial charge is 0.344 e. The van der Waals surface area contributed by atoms with Crippen molar-refractivity contribution in [3.63, 3.8) is 0 Å². The third-order valence-corrected chi connectivity index (χ3v) is 5.76. The fourth-order valence-corrected chi connectivity index (χ4v) is 4.48. The van der Waals surface area contributed by atoms with Gasteiger partial charge in [0.2, 0.25) is 0 Å². The van der Waals surface area contributed by atoms with Crippen LogP contribution in [0, 0.1) is 22.7 Å². The first kappa shape index (κ1) is 21.0. The lowest BCUT2D eigenvalue weighted by Crippen LogP contribution is -2.51. The summed E-state index contributed by atoms with van der Waals surface area (Å²) in [6.45, 7) is 3.38. The van der Waals surface area contributed by atoms with Gasteiger partial charge in [0.25, 0.3) is 0 Å². The first-order chi connectivity index (χ1) is 15.5. The third-order valence-electron chi connectivity index (χ3n) is 5.47. The molecule has 0 radical (unpaired) electrons. The van der Waals surface area contributed by atoms with E-state index >= 15 is 0 Å². The lowest BCUT2D eigenvalue weighted by Gasteiger charge is -2.42. The van der Waals surface area contributed by atoms with Gasteiger partial charge in [0.15, 0.2) is 16.5 Å². The average Bonchev–Trinajstić information content (AvgIpc) is 2.80. The summed E-state index contributed by atoms with van der Waals surface area (Å²) in [6, 6.07) is 23.1. The standard InChI is InChI=1S/C25H19N5OS/c1-15-20(16(2)31)21(17-9-5-3-6-10-17)22-23(18(13-26)14-27)29-25(32)30(24(22)28-15)19-11-7-4-8-12-19/h3-12,21,28H,1-2H3,(H,29,32). The smallest absolute Gasteiger partial charge is 0.183 e. The van der Waals surface area contributed by atoms with E-state index in [9.17, 15) is 15.3 Å². The Bertz CT molecular complexity index is 1280. The van der Waals surface area contributed by atoms with Crippen LogP contribution in [-0.2, 0) is 4.79 Å². The molecule has 2 N–H and O–H groups in total. The van der Waals surface area contributed by atoms with Crippen LogP contribution in [0.4, 0.5) is 5.69 Å². The molecule has 0 saturated carbocycles. The summed E-state index contributed by atoms with van der Waals surface area (Å²) in [4.78, 5) is 14.6. The molecule has 0 aliphatic carbocycles. The molecule has 7 heteroatoms. The highest BCUT2D eigenvalue weighted by Crippen LogP contribution is 2.44. The third kappa shape index (κ3) is 3.45. The number of allylic oxidation sites excluding steroid dienone is 4. The van der Waals surface area contributed by atoms with E-state index in [2.05, 4.69) is 10.6 Å². The van der Waals surface area contributed by atoms with E-state index < -0.39 is 5.92 Å². The lowest BCUT2D eigenvalue weighted by molar-refractivity contribution is -0.113. The van der Waals surface area contributed by atoms with Crippen LogP contribution in [0.5, 0.6) is 0 Å². The number of Topliss-reactive ketones (excluding diaryl/α,β-unsaturated/α-hetero) is 1. The number of anilines is 1. The normalized spacial score (nSPS) is 17.6. The van der Waals surface area contributed by atoms with Crippen molar-refractivity contribution < 1.29 is 4.79 Å². The summed E-state index contributed by atoms with van der Waals surface area (Å²) in [5.41, 5.74) is 3.80. The molecule has 2 heterocycles. The molecule has 0 amide bonds. The predicted octanol–water partition coefficient (Wildman–Crippen LogP) is 4.14. The Morgan fingerprint density at radius 2 is 1.59 bits per heavy atom. The Balaban J connectivity index is 2.09. The van der Waals surface area contributed by atoms with Crippen molar-refractivity contribution in [1.82, 2.24) is 10.6 Å². The van der Waals surface area contributed by atoms with E-state index in [4.69, 9.17) is 12.2 Å². The number of nitrogens with one attached hydrogen (secondary N) is 2. The van der Waals surface area contributed by atoms with Crippen LogP contribution in [0.1, 0.15) is 25.3 Å². The van der Waals surface area contributed by atoms with Crippen molar-refractivity contribution in [1.29, 1.82) is 10.5 Å². The Hall–Kier alpha value is -4.20. The molecule has 156 valence electrons. The van der Waals surface area contributed by atoms with Gasteiger partial charge in [0.1, 0.15) is 18.0 Å². The molecule has 32 heavy (non-hydrogen) atoms. The number of benzene rings is 2. The van der Waals surface area contributed by atoms with Gasteiger partial charge in [-0.25, -0.2) is 0 Å². The number of hydrogen-bond donors (Lipinski definition) is 2. The van der Waals surface area contributed by atoms with Crippen LogP contribution in [0.25, 0.3) is 0 Å². The molecule has 2 aliphatic rings. The SMILES string of the molecule is CC(=O)C1=C(C)NC2=C(C(=C(C#N)C#N)NC(=S)N2c2ccccc2)C1c1ccccc1. The summed E-state index contributed by atoms with van der Waals surface area (Å²) >= 11 is 5.65. The van der Waals surface area contributed by atoms with Crippen molar-refractivity contribution in [2.75, 3.05) is 4.90 Å². The first-order valence-electron chi connectivity index (χ1n) is 9.96. The van der Waals surface area contributed by atoms with Gasteiger partial charge in [0.05, 0.1) is 5.70 Å². The summed E-state index contributed by atoms with van der Waals surface area (Å²) < 4.78 is 0. The molecule has 1 atom stereocenters. The molecular formula is C25H19N5OS. The zero-order valence-electron chi connectivity index (χ0n) is 17.5. The lowest BCUT2D eigenvalue weighted by atomic mass is 9.77. The zero-order chi connectivity index (χ0) is 22.8. The highest BCUT2D eigenvalue weighted by atomic mass is 32.1. The number of nitrogens with zero attached hydrogens (tertiary/aromatic N) is 3. The minimum absolute atomic E-state index is 0.0929. The predicted molar refractivity (Wildman–Crippen MR) is 126 cm³/mol. The molecule has 0 aromatic heterocycles. The fraction of sp³-hybridized carbons (Fsp3) is 0.120. The molecule has 1 unspecified atom stereocenters. The second-order valence-electron chi connectivity index (χ2n) is 7.40. The molecule has 0 saturated heterocycles. The van der Waals surface area contributed by atoms with Crippen LogP contribution in [0.15, 0.2) is 94.6 Å². The van der Waals surface area contributed by atoms with Gasteiger partial charge >= 0.3 is 0 Å². The number of dihydropyridines is 1. The number of thiocarbonyl (C=S) groups is 1. The van der Waals surface area contributed by atoms with Crippen LogP contribution in [-0.4, -0.2) is 10.9 Å². The molecule has 0 fully saturated rings. The average molecular weight is 438 g/mol. The molecule has 2 aromatic carbocycles. The second-order valence-corrected chi connectivity index (χ2v) is 7.79. The summed E-state index contributed by atoms with van der Waals surface area (Å²) in [5, 5.41) is 26.1. The van der Waals surface area contributed by atoms with Crippen LogP contribution >= 0.6 is 12.2 Å². The topological polar surface area (TPSA) is 92.0 Å². The molecule has 4 rings (SSSR count). The second kappa shape index (κ2) is 8.50. The maximum Gasteiger partial charge on any atom is 0.183 e. The van der Waals surface area contributed by atoms with Crippen molar-refractivity contribution in [2.45, 2.75) is 19.8 Å².